The number of benzene rings is 1. The summed E-state index contributed by atoms with van der Waals surface area (Å²) >= 11 is 0. The van der Waals surface area contributed by atoms with E-state index in [1.165, 1.54) is 18.4 Å². The fourth-order valence-electron chi connectivity index (χ4n) is 3.33. The molecule has 0 aromatic heterocycles. The van der Waals surface area contributed by atoms with Crippen LogP contribution in [-0.4, -0.2) is 29.3 Å². The second kappa shape index (κ2) is 5.09. The highest BCUT2D eigenvalue weighted by molar-refractivity contribution is 6.00. The molecule has 0 bridgehead atoms. The molecule has 0 radical (unpaired) electrons. The van der Waals surface area contributed by atoms with Crippen LogP contribution < -0.4 is 0 Å². The second-order valence-electron chi connectivity index (χ2n) is 6.53. The number of Topliss-reactive ketones (excluding diaryl/α,β-unsaturated/α-hetero) is 1. The summed E-state index contributed by atoms with van der Waals surface area (Å²) < 4.78 is 0. The van der Waals surface area contributed by atoms with Gasteiger partial charge in [0, 0.05) is 11.1 Å². The van der Waals surface area contributed by atoms with Gasteiger partial charge in [-0.2, -0.15) is 0 Å². The molecule has 0 atom stereocenters. The highest BCUT2D eigenvalue weighted by atomic mass is 16.1. The summed E-state index contributed by atoms with van der Waals surface area (Å²) in [4.78, 5) is 14.9. The van der Waals surface area contributed by atoms with Crippen molar-refractivity contribution in [3.8, 4) is 0 Å². The zero-order valence-electron chi connectivity index (χ0n) is 12.8. The molecule has 1 saturated heterocycles. The van der Waals surface area contributed by atoms with Crippen LogP contribution in [0.1, 0.15) is 53.7 Å². The van der Waals surface area contributed by atoms with Crippen LogP contribution in [0, 0.1) is 20.8 Å². The van der Waals surface area contributed by atoms with Gasteiger partial charge in [-0.15, -0.1) is 0 Å². The number of carbonyl (C=O) groups excluding carboxylic acids is 1. The quantitative estimate of drug-likeness (QED) is 0.772. The van der Waals surface area contributed by atoms with E-state index in [4.69, 9.17) is 0 Å². The number of hydrogen-bond donors (Lipinski definition) is 0. The molecule has 104 valence electrons. The molecule has 0 amide bonds. The van der Waals surface area contributed by atoms with Crippen molar-refractivity contribution in [2.24, 2.45) is 0 Å². The van der Waals surface area contributed by atoms with Gasteiger partial charge in [-0.3, -0.25) is 9.69 Å². The van der Waals surface area contributed by atoms with Crippen LogP contribution in [-0.2, 0) is 0 Å². The van der Waals surface area contributed by atoms with Crippen molar-refractivity contribution >= 4 is 5.78 Å². The molecule has 0 spiro atoms. The van der Waals surface area contributed by atoms with E-state index in [1.54, 1.807) is 0 Å². The van der Waals surface area contributed by atoms with Gasteiger partial charge in [0.15, 0.2) is 5.78 Å². The fourth-order valence-corrected chi connectivity index (χ4v) is 3.33. The average Bonchev–Trinajstić information content (AvgIpc) is 2.56. The molecular formula is C17H25NO. The normalized spacial score (nSPS) is 18.8. The first-order valence-electron chi connectivity index (χ1n) is 7.17. The molecule has 19 heavy (non-hydrogen) atoms. The van der Waals surface area contributed by atoms with Crippen LogP contribution in [0.2, 0.25) is 0 Å². The Kier molecular flexibility index (Phi) is 3.82. The molecule has 0 unspecified atom stereocenters. The van der Waals surface area contributed by atoms with Gasteiger partial charge in [-0.25, -0.2) is 0 Å². The molecule has 2 heteroatoms. The van der Waals surface area contributed by atoms with E-state index in [9.17, 15) is 4.79 Å². The van der Waals surface area contributed by atoms with E-state index in [0.717, 1.165) is 23.2 Å². The Morgan fingerprint density at radius 2 is 1.79 bits per heavy atom. The first kappa shape index (κ1) is 14.3. The van der Waals surface area contributed by atoms with Gasteiger partial charge >= 0.3 is 0 Å². The molecule has 1 aliphatic heterocycles. The molecule has 0 N–H and O–H groups in total. The van der Waals surface area contributed by atoms with E-state index in [0.29, 0.717) is 6.54 Å². The van der Waals surface area contributed by atoms with Crippen LogP contribution in [0.25, 0.3) is 0 Å². The van der Waals surface area contributed by atoms with Crippen LogP contribution in [0.4, 0.5) is 0 Å². The molecular weight excluding hydrogens is 234 g/mol. The summed E-state index contributed by atoms with van der Waals surface area (Å²) in [6, 6.07) is 4.21. The number of nitrogens with zero attached hydrogens (tertiary/aromatic N) is 1. The molecule has 2 rings (SSSR count). The monoisotopic (exact) mass is 259 g/mol. The van der Waals surface area contributed by atoms with Crippen molar-refractivity contribution in [1.82, 2.24) is 4.90 Å². The summed E-state index contributed by atoms with van der Waals surface area (Å²) in [5.41, 5.74) is 4.54. The fraction of sp³-hybridized carbons (Fsp3) is 0.588. The van der Waals surface area contributed by atoms with Gasteiger partial charge in [0.05, 0.1) is 6.54 Å². The third-order valence-electron chi connectivity index (χ3n) is 4.36. The maximum atomic E-state index is 12.6. The SMILES string of the molecule is Cc1cc(C)c(C(=O)CN2CCCC2(C)C)c(C)c1. The lowest BCUT2D eigenvalue weighted by atomic mass is 9.95. The van der Waals surface area contributed by atoms with E-state index in [1.807, 2.05) is 13.8 Å². The van der Waals surface area contributed by atoms with Gasteiger partial charge in [-0.05, 0) is 65.1 Å². The zero-order chi connectivity index (χ0) is 14.2. The number of rotatable bonds is 3. The minimum Gasteiger partial charge on any atom is -0.293 e. The van der Waals surface area contributed by atoms with Crippen molar-refractivity contribution in [3.05, 3.63) is 34.4 Å². The van der Waals surface area contributed by atoms with Crippen molar-refractivity contribution < 1.29 is 4.79 Å². The maximum Gasteiger partial charge on any atom is 0.177 e. The van der Waals surface area contributed by atoms with Crippen molar-refractivity contribution in [1.29, 1.82) is 0 Å². The van der Waals surface area contributed by atoms with Gasteiger partial charge in [0.25, 0.3) is 0 Å². The lowest BCUT2D eigenvalue weighted by Gasteiger charge is -2.31. The minimum absolute atomic E-state index is 0.169. The Balaban J connectivity index is 2.21. The highest BCUT2D eigenvalue weighted by Crippen LogP contribution is 2.28. The van der Waals surface area contributed by atoms with Crippen LogP contribution in [0.5, 0.6) is 0 Å². The van der Waals surface area contributed by atoms with Gasteiger partial charge in [0.1, 0.15) is 0 Å². The standard InChI is InChI=1S/C17H25NO/c1-12-9-13(2)16(14(3)10-12)15(19)11-18-8-6-7-17(18,4)5/h9-10H,6-8,11H2,1-5H3. The smallest absolute Gasteiger partial charge is 0.177 e. The van der Waals surface area contributed by atoms with E-state index in [-0.39, 0.29) is 11.3 Å². The highest BCUT2D eigenvalue weighted by Gasteiger charge is 2.33. The Morgan fingerprint density at radius 1 is 1.21 bits per heavy atom. The Bertz CT molecular complexity index is 479. The number of ketones is 1. The van der Waals surface area contributed by atoms with Crippen LogP contribution in [0.3, 0.4) is 0 Å². The van der Waals surface area contributed by atoms with Gasteiger partial charge < -0.3 is 0 Å². The Hall–Kier alpha value is -1.15. The number of likely N-dealkylation sites (tertiary alicyclic amines) is 1. The largest absolute Gasteiger partial charge is 0.293 e. The summed E-state index contributed by atoms with van der Waals surface area (Å²) in [5.74, 6) is 0.268. The first-order valence-corrected chi connectivity index (χ1v) is 7.17. The van der Waals surface area contributed by atoms with Crippen molar-refractivity contribution in [3.63, 3.8) is 0 Å². The summed E-state index contributed by atoms with van der Waals surface area (Å²) in [5, 5.41) is 0. The summed E-state index contributed by atoms with van der Waals surface area (Å²) in [6.45, 7) is 12.2. The zero-order valence-corrected chi connectivity index (χ0v) is 12.8. The molecule has 1 aliphatic rings. The second-order valence-corrected chi connectivity index (χ2v) is 6.53. The summed E-state index contributed by atoms with van der Waals surface area (Å²) in [6.07, 6.45) is 2.39. The first-order chi connectivity index (χ1) is 8.81. The van der Waals surface area contributed by atoms with Crippen LogP contribution in [0.15, 0.2) is 12.1 Å². The Labute approximate surface area is 116 Å². The Morgan fingerprint density at radius 3 is 2.26 bits per heavy atom. The molecule has 0 aliphatic carbocycles. The number of aryl methyl sites for hydroxylation is 3. The van der Waals surface area contributed by atoms with Gasteiger partial charge in [0.2, 0.25) is 0 Å². The average molecular weight is 259 g/mol. The third-order valence-corrected chi connectivity index (χ3v) is 4.36. The van der Waals surface area contributed by atoms with Crippen molar-refractivity contribution in [2.75, 3.05) is 13.1 Å². The maximum absolute atomic E-state index is 12.6. The number of carbonyl (C=O) groups is 1. The molecule has 1 aromatic carbocycles. The lowest BCUT2D eigenvalue weighted by Crippen LogP contribution is -2.41. The van der Waals surface area contributed by atoms with Crippen molar-refractivity contribution in [2.45, 2.75) is 53.0 Å². The third kappa shape index (κ3) is 2.89. The molecule has 2 nitrogen and oxygen atoms in total. The predicted octanol–water partition coefficient (Wildman–Crippen LogP) is 3.67. The molecule has 1 fully saturated rings. The van der Waals surface area contributed by atoms with E-state index < -0.39 is 0 Å². The molecule has 1 aromatic rings. The van der Waals surface area contributed by atoms with E-state index in [2.05, 4.69) is 37.8 Å². The lowest BCUT2D eigenvalue weighted by molar-refractivity contribution is 0.0870. The molecule has 1 heterocycles. The van der Waals surface area contributed by atoms with Gasteiger partial charge in [-0.1, -0.05) is 17.7 Å². The van der Waals surface area contributed by atoms with Crippen LogP contribution >= 0.6 is 0 Å². The minimum atomic E-state index is 0.169. The summed E-state index contributed by atoms with van der Waals surface area (Å²) in [7, 11) is 0. The van der Waals surface area contributed by atoms with E-state index >= 15 is 0 Å². The molecule has 0 saturated carbocycles. The topological polar surface area (TPSA) is 20.3 Å². The number of hydrogen-bond acceptors (Lipinski definition) is 2. The predicted molar refractivity (Wildman–Crippen MR) is 79.9 cm³/mol.